The number of thioether (sulfide) groups is 1. The van der Waals surface area contributed by atoms with Crippen molar-refractivity contribution in [1.29, 1.82) is 0 Å². The van der Waals surface area contributed by atoms with E-state index in [1.807, 2.05) is 6.92 Å². The molecule has 0 saturated heterocycles. The number of hydrogen-bond donors (Lipinski definition) is 3. The van der Waals surface area contributed by atoms with E-state index in [1.54, 1.807) is 23.1 Å². The molecule has 2 aromatic rings. The van der Waals surface area contributed by atoms with Crippen molar-refractivity contribution in [2.75, 3.05) is 25.4 Å². The number of fused-ring (bicyclic) bond motifs is 3. The Balaban J connectivity index is 1.50. The van der Waals surface area contributed by atoms with E-state index in [0.717, 1.165) is 48.3 Å². The first-order valence-electron chi connectivity index (χ1n) is 9.27. The molecule has 0 atom stereocenters. The molecule has 8 heteroatoms. The Kier molecular flexibility index (Phi) is 7.10. The predicted octanol–water partition coefficient (Wildman–Crippen LogP) is 2.21. The van der Waals surface area contributed by atoms with Gasteiger partial charge in [-0.3, -0.25) is 9.59 Å². The number of thiophene rings is 1. The lowest BCUT2D eigenvalue weighted by Crippen LogP contribution is -2.31. The lowest BCUT2D eigenvalue weighted by atomic mass is 9.97. The van der Waals surface area contributed by atoms with Gasteiger partial charge in [-0.05, 0) is 37.8 Å². The minimum absolute atomic E-state index is 0.00818. The highest BCUT2D eigenvalue weighted by Crippen LogP contribution is 2.33. The third kappa shape index (κ3) is 4.86. The summed E-state index contributed by atoms with van der Waals surface area (Å²) in [4.78, 5) is 34.0. The number of nitrogens with zero attached hydrogens (tertiary/aromatic N) is 1. The lowest BCUT2D eigenvalue weighted by molar-refractivity contribution is -0.120. The van der Waals surface area contributed by atoms with Gasteiger partial charge in [-0.2, -0.15) is 11.8 Å². The Hall–Kier alpha value is -1.38. The van der Waals surface area contributed by atoms with E-state index < -0.39 is 0 Å². The zero-order chi connectivity index (χ0) is 18.4. The fourth-order valence-electron chi connectivity index (χ4n) is 3.17. The van der Waals surface area contributed by atoms with Crippen molar-refractivity contribution < 1.29 is 4.79 Å². The van der Waals surface area contributed by atoms with Crippen LogP contribution in [0.3, 0.4) is 0 Å². The van der Waals surface area contributed by atoms with Gasteiger partial charge < -0.3 is 15.6 Å². The summed E-state index contributed by atoms with van der Waals surface area (Å²) in [6, 6.07) is 0. The van der Waals surface area contributed by atoms with Gasteiger partial charge in [0.05, 0.1) is 11.1 Å². The molecule has 0 aromatic carbocycles. The van der Waals surface area contributed by atoms with Gasteiger partial charge in [-0.1, -0.05) is 6.92 Å². The summed E-state index contributed by atoms with van der Waals surface area (Å²) in [5.41, 5.74) is 1.21. The third-order valence-corrected chi connectivity index (χ3v) is 6.62. The van der Waals surface area contributed by atoms with Crippen molar-refractivity contribution in [3.05, 3.63) is 26.6 Å². The zero-order valence-corrected chi connectivity index (χ0v) is 16.8. The molecule has 3 rings (SSSR count). The second-order valence-corrected chi connectivity index (χ2v) is 8.60. The van der Waals surface area contributed by atoms with Gasteiger partial charge in [-0.25, -0.2) is 4.98 Å². The van der Waals surface area contributed by atoms with Crippen LogP contribution in [0.15, 0.2) is 4.79 Å². The molecule has 2 heterocycles. The Bertz CT molecular complexity index is 815. The van der Waals surface area contributed by atoms with Crippen LogP contribution in [0.1, 0.15) is 42.5 Å². The van der Waals surface area contributed by atoms with Crippen molar-refractivity contribution in [2.24, 2.45) is 0 Å². The van der Waals surface area contributed by atoms with Gasteiger partial charge in [0.2, 0.25) is 5.91 Å². The van der Waals surface area contributed by atoms with Crippen LogP contribution < -0.4 is 16.2 Å². The average Bonchev–Trinajstić information content (AvgIpc) is 3.01. The molecule has 0 radical (unpaired) electrons. The van der Waals surface area contributed by atoms with Crippen LogP contribution in [-0.2, 0) is 23.4 Å². The SMILES string of the molecule is CCNCCNC(=O)CCSCc1nc2sc3c(c2c(=O)[nH]1)CCCC3. The maximum atomic E-state index is 12.5. The number of aromatic nitrogens is 2. The molecule has 26 heavy (non-hydrogen) atoms. The number of aryl methyl sites for hydroxylation is 2. The van der Waals surface area contributed by atoms with Crippen LogP contribution in [0.2, 0.25) is 0 Å². The van der Waals surface area contributed by atoms with E-state index >= 15 is 0 Å². The van der Waals surface area contributed by atoms with Crippen LogP contribution in [0.5, 0.6) is 0 Å². The molecule has 0 saturated carbocycles. The van der Waals surface area contributed by atoms with Gasteiger partial charge in [-0.15, -0.1) is 11.3 Å². The number of likely N-dealkylation sites (N-methyl/N-ethyl adjacent to an activating group) is 1. The molecule has 142 valence electrons. The molecule has 0 aliphatic heterocycles. The summed E-state index contributed by atoms with van der Waals surface area (Å²) < 4.78 is 0. The third-order valence-electron chi connectivity index (χ3n) is 4.46. The topological polar surface area (TPSA) is 86.9 Å². The molecule has 1 amide bonds. The average molecular weight is 395 g/mol. The van der Waals surface area contributed by atoms with Gasteiger partial charge in [0.25, 0.3) is 5.56 Å². The van der Waals surface area contributed by atoms with Crippen LogP contribution in [0.4, 0.5) is 0 Å². The van der Waals surface area contributed by atoms with Gasteiger partial charge in [0, 0.05) is 30.1 Å². The number of aromatic amines is 1. The zero-order valence-electron chi connectivity index (χ0n) is 15.2. The first-order chi connectivity index (χ1) is 12.7. The molecule has 1 aliphatic carbocycles. The van der Waals surface area contributed by atoms with Crippen molar-refractivity contribution >= 4 is 39.2 Å². The number of carbonyl (C=O) groups excluding carboxylic acids is 1. The summed E-state index contributed by atoms with van der Waals surface area (Å²) in [7, 11) is 0. The fourth-order valence-corrected chi connectivity index (χ4v) is 5.25. The van der Waals surface area contributed by atoms with Crippen LogP contribution in [0.25, 0.3) is 10.2 Å². The summed E-state index contributed by atoms with van der Waals surface area (Å²) in [5, 5.41) is 6.86. The van der Waals surface area contributed by atoms with Crippen molar-refractivity contribution in [3.63, 3.8) is 0 Å². The van der Waals surface area contributed by atoms with E-state index in [1.165, 1.54) is 16.9 Å². The minimum atomic E-state index is -0.00818. The highest BCUT2D eigenvalue weighted by Gasteiger charge is 2.19. The van der Waals surface area contributed by atoms with E-state index in [2.05, 4.69) is 20.6 Å². The Labute approximate surface area is 161 Å². The smallest absolute Gasteiger partial charge is 0.259 e. The van der Waals surface area contributed by atoms with E-state index in [9.17, 15) is 9.59 Å². The summed E-state index contributed by atoms with van der Waals surface area (Å²) in [6.07, 6.45) is 4.92. The maximum Gasteiger partial charge on any atom is 0.259 e. The molecule has 0 spiro atoms. The standard InChI is InChI=1S/C18H26N4O2S2/c1-2-19-8-9-20-15(23)7-10-25-11-14-21-17(24)16-12-5-3-4-6-13(12)26-18(16)22-14/h19H,2-11H2,1H3,(H,20,23)(H,21,22,24). The lowest BCUT2D eigenvalue weighted by Gasteiger charge is -2.09. The quantitative estimate of drug-likeness (QED) is 0.568. The number of hydrogen-bond acceptors (Lipinski definition) is 6. The van der Waals surface area contributed by atoms with Crippen LogP contribution in [0, 0.1) is 0 Å². The number of amides is 1. The Morgan fingerprint density at radius 1 is 1.31 bits per heavy atom. The summed E-state index contributed by atoms with van der Waals surface area (Å²) in [6.45, 7) is 4.41. The monoisotopic (exact) mass is 394 g/mol. The van der Waals surface area contributed by atoms with Crippen LogP contribution in [-0.4, -0.2) is 41.3 Å². The predicted molar refractivity (Wildman–Crippen MR) is 109 cm³/mol. The molecule has 2 aromatic heterocycles. The first-order valence-corrected chi connectivity index (χ1v) is 11.2. The molecule has 6 nitrogen and oxygen atoms in total. The van der Waals surface area contributed by atoms with Crippen molar-refractivity contribution in [1.82, 2.24) is 20.6 Å². The number of nitrogens with one attached hydrogen (secondary N) is 3. The minimum Gasteiger partial charge on any atom is -0.355 e. The normalized spacial score (nSPS) is 13.7. The van der Waals surface area contributed by atoms with Crippen LogP contribution >= 0.6 is 23.1 Å². The van der Waals surface area contributed by atoms with E-state index in [4.69, 9.17) is 0 Å². The van der Waals surface area contributed by atoms with Crippen molar-refractivity contribution in [2.45, 2.75) is 44.8 Å². The number of rotatable bonds is 9. The largest absolute Gasteiger partial charge is 0.355 e. The second-order valence-electron chi connectivity index (χ2n) is 6.41. The molecular formula is C18H26N4O2S2. The fraction of sp³-hybridized carbons (Fsp3) is 0.611. The Morgan fingerprint density at radius 2 is 2.15 bits per heavy atom. The highest BCUT2D eigenvalue weighted by atomic mass is 32.2. The maximum absolute atomic E-state index is 12.5. The molecule has 3 N–H and O–H groups in total. The summed E-state index contributed by atoms with van der Waals surface area (Å²) in [5.74, 6) is 2.12. The Morgan fingerprint density at radius 3 is 3.00 bits per heavy atom. The van der Waals surface area contributed by atoms with E-state index in [0.29, 0.717) is 24.5 Å². The molecule has 1 aliphatic rings. The van der Waals surface area contributed by atoms with Gasteiger partial charge in [0.15, 0.2) is 0 Å². The second kappa shape index (κ2) is 9.53. The van der Waals surface area contributed by atoms with E-state index in [-0.39, 0.29) is 11.5 Å². The van der Waals surface area contributed by atoms with Gasteiger partial charge >= 0.3 is 0 Å². The molecule has 0 unspecified atom stereocenters. The highest BCUT2D eigenvalue weighted by molar-refractivity contribution is 7.98. The first kappa shape index (κ1) is 19.4. The summed E-state index contributed by atoms with van der Waals surface area (Å²) >= 11 is 3.30. The molecule has 0 fully saturated rings. The molecular weight excluding hydrogens is 368 g/mol. The van der Waals surface area contributed by atoms with Gasteiger partial charge in [0.1, 0.15) is 10.7 Å². The van der Waals surface area contributed by atoms with Crippen molar-refractivity contribution in [3.8, 4) is 0 Å². The number of carbonyl (C=O) groups is 1. The molecule has 0 bridgehead atoms. The number of H-pyrrole nitrogens is 1.